The molecule has 0 bridgehead atoms. The summed E-state index contributed by atoms with van der Waals surface area (Å²) in [5.74, 6) is -0.392. The number of carbonyl (C=O) groups is 1. The predicted molar refractivity (Wildman–Crippen MR) is 125 cm³/mol. The number of hydrogen-bond acceptors (Lipinski definition) is 5. The fourth-order valence-electron chi connectivity index (χ4n) is 5.14. The Hall–Kier alpha value is -2.64. The van der Waals surface area contributed by atoms with E-state index in [1.807, 2.05) is 25.1 Å². The van der Waals surface area contributed by atoms with Gasteiger partial charge in [-0.3, -0.25) is 9.69 Å². The summed E-state index contributed by atoms with van der Waals surface area (Å²) in [5, 5.41) is 6.22. The second kappa shape index (κ2) is 8.71. The lowest BCUT2D eigenvalue weighted by molar-refractivity contribution is -0.116. The van der Waals surface area contributed by atoms with Crippen molar-refractivity contribution in [1.82, 2.24) is 4.90 Å². The van der Waals surface area contributed by atoms with Gasteiger partial charge in [0.25, 0.3) is 0 Å². The van der Waals surface area contributed by atoms with Crippen LogP contribution >= 0.6 is 0 Å². The number of anilines is 3. The number of rotatable bonds is 5. The fraction of sp³-hybridized carbons (Fsp3) is 0.480. The van der Waals surface area contributed by atoms with Crippen LogP contribution in [0, 0.1) is 12.7 Å². The number of likely N-dealkylation sites (tertiary alicyclic amines) is 1. The van der Waals surface area contributed by atoms with E-state index in [2.05, 4.69) is 26.5 Å². The van der Waals surface area contributed by atoms with Crippen LogP contribution in [0.25, 0.3) is 0 Å². The molecular formula is C25H31FN4O2. The summed E-state index contributed by atoms with van der Waals surface area (Å²) < 4.78 is 19.5. The van der Waals surface area contributed by atoms with Gasteiger partial charge in [0.05, 0.1) is 6.10 Å². The number of benzene rings is 2. The molecule has 0 radical (unpaired) electrons. The van der Waals surface area contributed by atoms with Gasteiger partial charge in [0, 0.05) is 68.4 Å². The Kier molecular flexibility index (Phi) is 5.78. The molecule has 2 aromatic carbocycles. The summed E-state index contributed by atoms with van der Waals surface area (Å²) >= 11 is 0. The smallest absolute Gasteiger partial charge is 0.247 e. The van der Waals surface area contributed by atoms with Crippen molar-refractivity contribution in [1.29, 1.82) is 0 Å². The Morgan fingerprint density at radius 1 is 1.19 bits per heavy atom. The Morgan fingerprint density at radius 3 is 2.69 bits per heavy atom. The average Bonchev–Trinajstić information content (AvgIpc) is 3.24. The zero-order valence-electron chi connectivity index (χ0n) is 18.7. The van der Waals surface area contributed by atoms with Gasteiger partial charge in [0.15, 0.2) is 0 Å². The van der Waals surface area contributed by atoms with Crippen LogP contribution in [0.4, 0.5) is 21.5 Å². The van der Waals surface area contributed by atoms with Crippen LogP contribution in [0.5, 0.6) is 0 Å². The van der Waals surface area contributed by atoms with Crippen LogP contribution < -0.4 is 15.5 Å². The summed E-state index contributed by atoms with van der Waals surface area (Å²) in [7, 11) is 1.79. The van der Waals surface area contributed by atoms with E-state index in [1.165, 1.54) is 6.07 Å². The molecule has 3 aliphatic heterocycles. The van der Waals surface area contributed by atoms with Crippen molar-refractivity contribution in [2.24, 2.45) is 0 Å². The van der Waals surface area contributed by atoms with Crippen LogP contribution in [-0.4, -0.2) is 62.3 Å². The number of piperidine rings is 1. The van der Waals surface area contributed by atoms with E-state index < -0.39 is 6.04 Å². The van der Waals surface area contributed by atoms with Gasteiger partial charge >= 0.3 is 0 Å². The largest absolute Gasteiger partial charge is 0.379 e. The van der Waals surface area contributed by atoms with E-state index in [0.717, 1.165) is 61.6 Å². The number of carbonyl (C=O) groups excluding carboxylic acids is 1. The van der Waals surface area contributed by atoms with Gasteiger partial charge in [0.2, 0.25) is 5.91 Å². The standard InChI is InChI=1S/C25H31FN4O2/c1-16-6-7-22(26)21-13-23(28-24(16)21)25(31)27-17-4-3-5-19(12-17)29-10-8-18(9-11-29)30-14-20(15-30)32-2/h3-7,12,18,20,23,28H,8-11,13-15H2,1-2H3,(H,27,31). The van der Waals surface area contributed by atoms with E-state index in [9.17, 15) is 9.18 Å². The van der Waals surface area contributed by atoms with Gasteiger partial charge in [-0.25, -0.2) is 4.39 Å². The molecule has 1 amide bonds. The zero-order valence-corrected chi connectivity index (χ0v) is 18.7. The molecule has 0 spiro atoms. The third-order valence-corrected chi connectivity index (χ3v) is 7.18. The summed E-state index contributed by atoms with van der Waals surface area (Å²) in [6, 6.07) is 11.4. The minimum atomic E-state index is -0.465. The van der Waals surface area contributed by atoms with Crippen LogP contribution in [-0.2, 0) is 16.0 Å². The van der Waals surface area contributed by atoms with E-state index >= 15 is 0 Å². The Labute approximate surface area is 188 Å². The molecular weight excluding hydrogens is 407 g/mol. The molecule has 170 valence electrons. The number of amides is 1. The molecule has 7 heteroatoms. The predicted octanol–water partition coefficient (Wildman–Crippen LogP) is 3.41. The number of nitrogens with zero attached hydrogens (tertiary/aromatic N) is 2. The lowest BCUT2D eigenvalue weighted by Crippen LogP contribution is -2.58. The molecule has 1 unspecified atom stereocenters. The molecule has 32 heavy (non-hydrogen) atoms. The Balaban J connectivity index is 1.18. The monoisotopic (exact) mass is 438 g/mol. The molecule has 2 N–H and O–H groups in total. The Morgan fingerprint density at radius 2 is 1.97 bits per heavy atom. The molecule has 2 fully saturated rings. The SMILES string of the molecule is COC1CN(C2CCN(c3cccc(NC(=O)C4Cc5c(F)ccc(C)c5N4)c3)CC2)C1. The molecule has 3 heterocycles. The van der Waals surface area contributed by atoms with Crippen LogP contribution in [0.1, 0.15) is 24.0 Å². The highest BCUT2D eigenvalue weighted by Crippen LogP contribution is 2.32. The minimum absolute atomic E-state index is 0.138. The molecule has 1 atom stereocenters. The van der Waals surface area contributed by atoms with Crippen LogP contribution in [0.2, 0.25) is 0 Å². The highest BCUT2D eigenvalue weighted by molar-refractivity contribution is 5.98. The number of hydrogen-bond donors (Lipinski definition) is 2. The first-order valence-corrected chi connectivity index (χ1v) is 11.5. The van der Waals surface area contributed by atoms with Crippen molar-refractivity contribution in [3.05, 3.63) is 53.3 Å². The number of aryl methyl sites for hydroxylation is 1. The van der Waals surface area contributed by atoms with Crippen LogP contribution in [0.15, 0.2) is 36.4 Å². The van der Waals surface area contributed by atoms with Crippen LogP contribution in [0.3, 0.4) is 0 Å². The van der Waals surface area contributed by atoms with E-state index in [-0.39, 0.29) is 11.7 Å². The molecule has 0 aliphatic carbocycles. The normalized spacial score (nSPS) is 21.7. The topological polar surface area (TPSA) is 56.8 Å². The number of halogens is 1. The minimum Gasteiger partial charge on any atom is -0.379 e. The first kappa shape index (κ1) is 21.2. The highest BCUT2D eigenvalue weighted by atomic mass is 19.1. The number of methoxy groups -OCH3 is 1. The van der Waals surface area contributed by atoms with Gasteiger partial charge < -0.3 is 20.3 Å². The summed E-state index contributed by atoms with van der Waals surface area (Å²) in [6.45, 7) is 6.04. The first-order valence-electron chi connectivity index (χ1n) is 11.5. The molecule has 3 aliphatic rings. The van der Waals surface area contributed by atoms with E-state index in [1.54, 1.807) is 13.2 Å². The van der Waals surface area contributed by atoms with Crippen molar-refractivity contribution in [2.45, 2.75) is 44.4 Å². The molecule has 0 aromatic heterocycles. The third-order valence-electron chi connectivity index (χ3n) is 7.18. The molecule has 0 saturated carbocycles. The molecule has 5 rings (SSSR count). The summed E-state index contributed by atoms with van der Waals surface area (Å²) in [5.41, 5.74) is 4.21. The quantitative estimate of drug-likeness (QED) is 0.749. The van der Waals surface area contributed by atoms with Crippen molar-refractivity contribution >= 4 is 23.0 Å². The maximum atomic E-state index is 14.1. The second-order valence-corrected chi connectivity index (χ2v) is 9.19. The Bertz CT molecular complexity index is 968. The molecule has 6 nitrogen and oxygen atoms in total. The lowest BCUT2D eigenvalue weighted by Gasteiger charge is -2.46. The number of nitrogens with one attached hydrogen (secondary N) is 2. The molecule has 2 aromatic rings. The van der Waals surface area contributed by atoms with Gasteiger partial charge in [-0.05, 0) is 49.6 Å². The molecule has 2 saturated heterocycles. The highest BCUT2D eigenvalue weighted by Gasteiger charge is 2.34. The maximum absolute atomic E-state index is 14.1. The maximum Gasteiger partial charge on any atom is 0.247 e. The zero-order chi connectivity index (χ0) is 22.2. The number of fused-ring (bicyclic) bond motifs is 1. The van der Waals surface area contributed by atoms with E-state index in [0.29, 0.717) is 24.1 Å². The van der Waals surface area contributed by atoms with Crippen molar-refractivity contribution < 1.29 is 13.9 Å². The number of ether oxygens (including phenoxy) is 1. The van der Waals surface area contributed by atoms with Gasteiger partial charge in [-0.2, -0.15) is 0 Å². The van der Waals surface area contributed by atoms with Gasteiger partial charge in [-0.15, -0.1) is 0 Å². The fourth-order valence-corrected chi connectivity index (χ4v) is 5.14. The van der Waals surface area contributed by atoms with Crippen molar-refractivity contribution in [2.75, 3.05) is 48.8 Å². The van der Waals surface area contributed by atoms with Gasteiger partial charge in [-0.1, -0.05) is 12.1 Å². The van der Waals surface area contributed by atoms with Crippen molar-refractivity contribution in [3.8, 4) is 0 Å². The van der Waals surface area contributed by atoms with Crippen molar-refractivity contribution in [3.63, 3.8) is 0 Å². The summed E-state index contributed by atoms with van der Waals surface area (Å²) in [6.07, 6.45) is 3.04. The second-order valence-electron chi connectivity index (χ2n) is 9.19. The average molecular weight is 439 g/mol. The third kappa shape index (κ3) is 4.07. The van der Waals surface area contributed by atoms with Gasteiger partial charge in [0.1, 0.15) is 11.9 Å². The van der Waals surface area contributed by atoms with E-state index in [4.69, 9.17) is 4.74 Å². The summed E-state index contributed by atoms with van der Waals surface area (Å²) in [4.78, 5) is 17.8. The first-order chi connectivity index (χ1) is 15.5. The lowest BCUT2D eigenvalue weighted by atomic mass is 9.98.